The first-order valence-electron chi connectivity index (χ1n) is 8.38. The second kappa shape index (κ2) is 8.32. The highest BCUT2D eigenvalue weighted by molar-refractivity contribution is 6.08. The molecule has 2 heterocycles. The van der Waals surface area contributed by atoms with Crippen LogP contribution in [0.4, 0.5) is 16.2 Å². The van der Waals surface area contributed by atoms with Crippen molar-refractivity contribution in [2.75, 3.05) is 17.2 Å². The number of anilines is 2. The average molecular weight is 347 g/mol. The number of aryl methyl sites for hydroxylation is 2. The van der Waals surface area contributed by atoms with Crippen LogP contribution >= 0.6 is 0 Å². The van der Waals surface area contributed by atoms with Crippen molar-refractivity contribution >= 4 is 23.3 Å². The summed E-state index contributed by atoms with van der Waals surface area (Å²) < 4.78 is 3.22. The van der Waals surface area contributed by atoms with Gasteiger partial charge in [-0.25, -0.2) is 4.79 Å². The summed E-state index contributed by atoms with van der Waals surface area (Å²) in [6, 6.07) is -0.351. The lowest BCUT2D eigenvalue weighted by Gasteiger charge is -2.10. The molecule has 0 aliphatic rings. The number of aromatic nitrogens is 4. The molecule has 3 amide bonds. The lowest BCUT2D eigenvalue weighted by Crippen LogP contribution is -2.30. The van der Waals surface area contributed by atoms with Gasteiger partial charge in [0, 0.05) is 20.1 Å². The number of carbonyl (C=O) groups excluding carboxylic acids is 2. The van der Waals surface area contributed by atoms with E-state index >= 15 is 0 Å². The van der Waals surface area contributed by atoms with Crippen LogP contribution in [0.25, 0.3) is 0 Å². The molecule has 0 saturated heterocycles. The summed E-state index contributed by atoms with van der Waals surface area (Å²) in [4.78, 5) is 24.7. The second-order valence-corrected chi connectivity index (χ2v) is 5.68. The zero-order valence-electron chi connectivity index (χ0n) is 15.1. The molecule has 0 fully saturated rings. The van der Waals surface area contributed by atoms with Gasteiger partial charge in [0.2, 0.25) is 0 Å². The maximum atomic E-state index is 12.7. The molecule has 3 N–H and O–H groups in total. The first-order chi connectivity index (χ1) is 12.0. The molecule has 2 rings (SSSR count). The third-order valence-electron chi connectivity index (χ3n) is 3.90. The van der Waals surface area contributed by atoms with Gasteiger partial charge in [0.15, 0.2) is 0 Å². The van der Waals surface area contributed by atoms with Gasteiger partial charge < -0.3 is 16.0 Å². The van der Waals surface area contributed by atoms with Gasteiger partial charge in [-0.3, -0.25) is 14.2 Å². The first kappa shape index (κ1) is 18.5. The van der Waals surface area contributed by atoms with Crippen LogP contribution < -0.4 is 16.0 Å². The highest BCUT2D eigenvalue weighted by Gasteiger charge is 2.21. The van der Waals surface area contributed by atoms with Crippen LogP contribution in [0.2, 0.25) is 0 Å². The van der Waals surface area contributed by atoms with Gasteiger partial charge >= 0.3 is 6.03 Å². The van der Waals surface area contributed by atoms with Crippen LogP contribution in [0.3, 0.4) is 0 Å². The number of hydrogen-bond donors (Lipinski definition) is 3. The van der Waals surface area contributed by atoms with Crippen molar-refractivity contribution in [3.8, 4) is 0 Å². The SMILES string of the molecule is CCCCNC(=O)Nc1cnn(CC)c1C(=O)Nc1cnn(C)c1C. The number of carbonyl (C=O) groups is 2. The lowest BCUT2D eigenvalue weighted by molar-refractivity contribution is 0.101. The highest BCUT2D eigenvalue weighted by Crippen LogP contribution is 2.19. The van der Waals surface area contributed by atoms with E-state index in [1.165, 1.54) is 6.20 Å². The molecule has 9 heteroatoms. The molecule has 0 aliphatic carbocycles. The molecule has 2 aromatic heterocycles. The van der Waals surface area contributed by atoms with E-state index in [1.54, 1.807) is 22.6 Å². The average Bonchev–Trinajstić information content (AvgIpc) is 3.13. The summed E-state index contributed by atoms with van der Waals surface area (Å²) in [5.41, 5.74) is 2.13. The Balaban J connectivity index is 2.15. The van der Waals surface area contributed by atoms with Gasteiger partial charge in [0.05, 0.1) is 29.5 Å². The van der Waals surface area contributed by atoms with E-state index in [1.807, 2.05) is 20.8 Å². The van der Waals surface area contributed by atoms with Gasteiger partial charge in [-0.2, -0.15) is 10.2 Å². The van der Waals surface area contributed by atoms with E-state index in [-0.39, 0.29) is 11.9 Å². The summed E-state index contributed by atoms with van der Waals surface area (Å²) in [6.07, 6.45) is 4.96. The number of nitrogens with one attached hydrogen (secondary N) is 3. The molecule has 25 heavy (non-hydrogen) atoms. The lowest BCUT2D eigenvalue weighted by atomic mass is 10.3. The van der Waals surface area contributed by atoms with Crippen molar-refractivity contribution < 1.29 is 9.59 Å². The fourth-order valence-electron chi connectivity index (χ4n) is 2.30. The molecule has 0 aromatic carbocycles. The van der Waals surface area contributed by atoms with E-state index in [0.717, 1.165) is 18.5 Å². The van der Waals surface area contributed by atoms with Crippen molar-refractivity contribution in [1.29, 1.82) is 0 Å². The van der Waals surface area contributed by atoms with Crippen molar-refractivity contribution in [3.05, 3.63) is 23.8 Å². The standard InChI is InChI=1S/C16H25N7O2/c1-5-7-8-17-16(25)21-13-10-19-23(6-2)14(13)15(24)20-12-9-18-22(4)11(12)3/h9-10H,5-8H2,1-4H3,(H,20,24)(H2,17,21,25). The van der Waals surface area contributed by atoms with E-state index in [2.05, 4.69) is 26.1 Å². The quantitative estimate of drug-likeness (QED) is 0.667. The molecule has 0 spiro atoms. The van der Waals surface area contributed by atoms with Crippen LogP contribution in [-0.2, 0) is 13.6 Å². The van der Waals surface area contributed by atoms with E-state index in [4.69, 9.17) is 0 Å². The van der Waals surface area contributed by atoms with Gasteiger partial charge in [-0.15, -0.1) is 0 Å². The number of nitrogens with zero attached hydrogens (tertiary/aromatic N) is 4. The van der Waals surface area contributed by atoms with Gasteiger partial charge in [-0.05, 0) is 20.3 Å². The number of rotatable bonds is 7. The number of hydrogen-bond acceptors (Lipinski definition) is 4. The minimum Gasteiger partial charge on any atom is -0.338 e. The topological polar surface area (TPSA) is 106 Å². The third kappa shape index (κ3) is 4.37. The minimum absolute atomic E-state index is 0.302. The summed E-state index contributed by atoms with van der Waals surface area (Å²) >= 11 is 0. The van der Waals surface area contributed by atoms with Crippen molar-refractivity contribution in [2.24, 2.45) is 7.05 Å². The molecular formula is C16H25N7O2. The van der Waals surface area contributed by atoms with E-state index in [9.17, 15) is 9.59 Å². The number of amides is 3. The Bertz CT molecular complexity index is 748. The van der Waals surface area contributed by atoms with Crippen molar-refractivity contribution in [1.82, 2.24) is 24.9 Å². The predicted molar refractivity (Wildman–Crippen MR) is 95.7 cm³/mol. The Morgan fingerprint density at radius 1 is 1.12 bits per heavy atom. The molecule has 0 saturated carbocycles. The fraction of sp³-hybridized carbons (Fsp3) is 0.500. The number of unbranched alkanes of at least 4 members (excludes halogenated alkanes) is 1. The maximum Gasteiger partial charge on any atom is 0.319 e. The van der Waals surface area contributed by atoms with Gasteiger partial charge in [-0.1, -0.05) is 13.3 Å². The Hall–Kier alpha value is -2.84. The predicted octanol–water partition coefficient (Wildman–Crippen LogP) is 2.12. The molecule has 0 bridgehead atoms. The van der Waals surface area contributed by atoms with E-state index < -0.39 is 0 Å². The monoisotopic (exact) mass is 347 g/mol. The normalized spacial score (nSPS) is 10.6. The molecule has 0 radical (unpaired) electrons. The first-order valence-corrected chi connectivity index (χ1v) is 8.38. The second-order valence-electron chi connectivity index (χ2n) is 5.68. The van der Waals surface area contributed by atoms with Crippen LogP contribution in [-0.4, -0.2) is 38.0 Å². The molecular weight excluding hydrogens is 322 g/mol. The van der Waals surface area contributed by atoms with Crippen LogP contribution in [0, 0.1) is 6.92 Å². The fourth-order valence-corrected chi connectivity index (χ4v) is 2.30. The van der Waals surface area contributed by atoms with Gasteiger partial charge in [0.25, 0.3) is 5.91 Å². The minimum atomic E-state index is -0.351. The number of urea groups is 1. The van der Waals surface area contributed by atoms with Crippen LogP contribution in [0.1, 0.15) is 42.9 Å². The largest absolute Gasteiger partial charge is 0.338 e. The van der Waals surface area contributed by atoms with Gasteiger partial charge in [0.1, 0.15) is 5.69 Å². The molecule has 9 nitrogen and oxygen atoms in total. The Kier molecular flexibility index (Phi) is 6.15. The molecule has 136 valence electrons. The summed E-state index contributed by atoms with van der Waals surface area (Å²) in [5, 5.41) is 16.5. The summed E-state index contributed by atoms with van der Waals surface area (Å²) in [6.45, 7) is 6.88. The third-order valence-corrected chi connectivity index (χ3v) is 3.90. The molecule has 2 aromatic rings. The van der Waals surface area contributed by atoms with E-state index in [0.29, 0.717) is 30.2 Å². The molecule has 0 aliphatic heterocycles. The highest BCUT2D eigenvalue weighted by atomic mass is 16.2. The molecule has 0 unspecified atom stereocenters. The Morgan fingerprint density at radius 2 is 1.84 bits per heavy atom. The summed E-state index contributed by atoms with van der Waals surface area (Å²) in [5.74, 6) is -0.348. The summed E-state index contributed by atoms with van der Waals surface area (Å²) in [7, 11) is 1.80. The van der Waals surface area contributed by atoms with Crippen LogP contribution in [0.15, 0.2) is 12.4 Å². The smallest absolute Gasteiger partial charge is 0.319 e. The Labute approximate surface area is 146 Å². The molecule has 0 atom stereocenters. The van der Waals surface area contributed by atoms with Crippen molar-refractivity contribution in [3.63, 3.8) is 0 Å². The zero-order chi connectivity index (χ0) is 18.4. The zero-order valence-corrected chi connectivity index (χ0v) is 15.1. The maximum absolute atomic E-state index is 12.7. The van der Waals surface area contributed by atoms with Crippen molar-refractivity contribution in [2.45, 2.75) is 40.2 Å². The Morgan fingerprint density at radius 3 is 2.44 bits per heavy atom. The van der Waals surface area contributed by atoms with Crippen LogP contribution in [0.5, 0.6) is 0 Å².